The van der Waals surface area contributed by atoms with E-state index >= 15 is 0 Å². The van der Waals surface area contributed by atoms with Gasteiger partial charge in [0.25, 0.3) is 0 Å². The van der Waals surface area contributed by atoms with Crippen LogP contribution in [0.3, 0.4) is 0 Å². The summed E-state index contributed by atoms with van der Waals surface area (Å²) in [6, 6.07) is 5.06. The largest absolute Gasteiger partial charge is 0.476 e. The Labute approximate surface area is 78.6 Å². The number of aldehydes is 1. The van der Waals surface area contributed by atoms with E-state index in [9.17, 15) is 9.59 Å². The second kappa shape index (κ2) is 2.95. The van der Waals surface area contributed by atoms with E-state index in [1.165, 1.54) is 4.40 Å². The van der Waals surface area contributed by atoms with Gasteiger partial charge in [0.05, 0.1) is 0 Å². The highest BCUT2D eigenvalue weighted by atomic mass is 16.4. The average molecular weight is 190 g/mol. The van der Waals surface area contributed by atoms with Gasteiger partial charge in [0, 0.05) is 6.20 Å². The lowest BCUT2D eigenvalue weighted by Gasteiger charge is -1.92. The highest BCUT2D eigenvalue weighted by Crippen LogP contribution is 2.10. The van der Waals surface area contributed by atoms with Gasteiger partial charge in [0.2, 0.25) is 0 Å². The van der Waals surface area contributed by atoms with Crippen molar-refractivity contribution in [2.24, 2.45) is 0 Å². The summed E-state index contributed by atoms with van der Waals surface area (Å²) in [5.74, 6) is -1.20. The molecule has 0 atom stereocenters. The van der Waals surface area contributed by atoms with Gasteiger partial charge in [-0.15, -0.1) is 0 Å². The number of nitrogens with zero attached hydrogens (tertiary/aromatic N) is 2. The van der Waals surface area contributed by atoms with Crippen LogP contribution in [0.5, 0.6) is 0 Å². The van der Waals surface area contributed by atoms with Gasteiger partial charge in [0.1, 0.15) is 11.3 Å². The van der Waals surface area contributed by atoms with Gasteiger partial charge in [-0.1, -0.05) is 6.07 Å². The summed E-state index contributed by atoms with van der Waals surface area (Å²) in [5, 5.41) is 8.76. The molecule has 5 nitrogen and oxygen atoms in total. The first-order valence-corrected chi connectivity index (χ1v) is 3.89. The van der Waals surface area contributed by atoms with E-state index in [4.69, 9.17) is 5.11 Å². The van der Waals surface area contributed by atoms with Crippen molar-refractivity contribution in [3.8, 4) is 0 Å². The zero-order valence-corrected chi connectivity index (χ0v) is 7.04. The Morgan fingerprint density at radius 3 is 2.93 bits per heavy atom. The molecule has 5 heteroatoms. The van der Waals surface area contributed by atoms with Gasteiger partial charge in [-0.05, 0) is 12.1 Å². The number of carbonyl (C=O) groups excluding carboxylic acids is 1. The van der Waals surface area contributed by atoms with Crippen LogP contribution in [0.2, 0.25) is 0 Å². The van der Waals surface area contributed by atoms with Crippen molar-refractivity contribution in [3.05, 3.63) is 35.8 Å². The summed E-state index contributed by atoms with van der Waals surface area (Å²) in [6.07, 6.45) is 2.09. The van der Waals surface area contributed by atoms with Crippen LogP contribution < -0.4 is 0 Å². The number of carboxylic acids is 1. The first kappa shape index (κ1) is 8.43. The van der Waals surface area contributed by atoms with Crippen LogP contribution in [0.25, 0.3) is 5.65 Å². The minimum Gasteiger partial charge on any atom is -0.476 e. The standard InChI is InChI=1S/C9H6N2O3/c12-5-6-8(9(13)14)10-7-3-1-2-4-11(6)7/h1-5H,(H,13,14). The number of aromatic nitrogens is 2. The molecule has 0 saturated heterocycles. The van der Waals surface area contributed by atoms with E-state index in [0.29, 0.717) is 11.9 Å². The van der Waals surface area contributed by atoms with E-state index in [1.807, 2.05) is 0 Å². The van der Waals surface area contributed by atoms with E-state index < -0.39 is 5.97 Å². The number of fused-ring (bicyclic) bond motifs is 1. The molecule has 0 fully saturated rings. The van der Waals surface area contributed by atoms with Crippen LogP contribution in [-0.4, -0.2) is 26.7 Å². The molecule has 0 saturated carbocycles. The number of hydrogen-bond acceptors (Lipinski definition) is 3. The summed E-state index contributed by atoms with van der Waals surface area (Å²) in [7, 11) is 0. The minimum absolute atomic E-state index is 0.0631. The van der Waals surface area contributed by atoms with Gasteiger partial charge in [-0.25, -0.2) is 9.78 Å². The third-order valence-corrected chi connectivity index (χ3v) is 1.88. The highest BCUT2D eigenvalue weighted by molar-refractivity contribution is 5.95. The molecule has 0 radical (unpaired) electrons. The van der Waals surface area contributed by atoms with Gasteiger partial charge in [-0.2, -0.15) is 0 Å². The Balaban J connectivity index is 2.85. The molecule has 70 valence electrons. The van der Waals surface area contributed by atoms with Crippen molar-refractivity contribution in [2.45, 2.75) is 0 Å². The Hall–Kier alpha value is -2.17. The van der Waals surface area contributed by atoms with E-state index in [0.717, 1.165) is 0 Å². The van der Waals surface area contributed by atoms with E-state index in [1.54, 1.807) is 24.4 Å². The lowest BCUT2D eigenvalue weighted by Crippen LogP contribution is -2.02. The normalized spacial score (nSPS) is 10.3. The molecule has 2 rings (SSSR count). The SMILES string of the molecule is O=Cc1c(C(=O)O)nc2ccccn12. The van der Waals surface area contributed by atoms with E-state index in [2.05, 4.69) is 4.98 Å². The first-order valence-electron chi connectivity index (χ1n) is 3.89. The van der Waals surface area contributed by atoms with E-state index in [-0.39, 0.29) is 11.4 Å². The van der Waals surface area contributed by atoms with Crippen LogP contribution in [0.4, 0.5) is 0 Å². The summed E-state index contributed by atoms with van der Waals surface area (Å²) < 4.78 is 1.44. The fourth-order valence-electron chi connectivity index (χ4n) is 1.28. The van der Waals surface area contributed by atoms with Crippen molar-refractivity contribution in [1.29, 1.82) is 0 Å². The van der Waals surface area contributed by atoms with Gasteiger partial charge < -0.3 is 5.11 Å². The van der Waals surface area contributed by atoms with Crippen molar-refractivity contribution in [3.63, 3.8) is 0 Å². The third-order valence-electron chi connectivity index (χ3n) is 1.88. The molecule has 2 aromatic rings. The zero-order chi connectivity index (χ0) is 10.1. The third kappa shape index (κ3) is 1.06. The lowest BCUT2D eigenvalue weighted by atomic mass is 10.3. The maximum Gasteiger partial charge on any atom is 0.356 e. The number of rotatable bonds is 2. The molecule has 0 amide bonds. The molecular formula is C9H6N2O3. The van der Waals surface area contributed by atoms with Crippen molar-refractivity contribution in [2.75, 3.05) is 0 Å². The molecule has 0 spiro atoms. The molecule has 0 aliphatic carbocycles. The van der Waals surface area contributed by atoms with Crippen LogP contribution in [-0.2, 0) is 0 Å². The highest BCUT2D eigenvalue weighted by Gasteiger charge is 2.16. The molecule has 1 N–H and O–H groups in total. The number of aromatic carboxylic acids is 1. The Bertz CT molecular complexity index is 516. The Morgan fingerprint density at radius 1 is 1.50 bits per heavy atom. The van der Waals surface area contributed by atoms with Gasteiger partial charge in [0.15, 0.2) is 12.0 Å². The summed E-state index contributed by atoms with van der Waals surface area (Å²) >= 11 is 0. The smallest absolute Gasteiger partial charge is 0.356 e. The van der Waals surface area contributed by atoms with Crippen LogP contribution in [0.15, 0.2) is 24.4 Å². The topological polar surface area (TPSA) is 71.7 Å². The molecule has 14 heavy (non-hydrogen) atoms. The maximum absolute atomic E-state index is 10.7. The summed E-state index contributed by atoms with van der Waals surface area (Å²) in [6.45, 7) is 0. The second-order valence-corrected chi connectivity index (χ2v) is 2.70. The maximum atomic E-state index is 10.7. The lowest BCUT2D eigenvalue weighted by molar-refractivity contribution is 0.0688. The van der Waals surface area contributed by atoms with Gasteiger partial charge >= 0.3 is 5.97 Å². The fraction of sp³-hybridized carbons (Fsp3) is 0. The summed E-state index contributed by atoms with van der Waals surface area (Å²) in [4.78, 5) is 25.2. The number of carbonyl (C=O) groups is 2. The molecule has 2 heterocycles. The zero-order valence-electron chi connectivity index (χ0n) is 7.04. The first-order chi connectivity index (χ1) is 6.74. The number of hydrogen-bond donors (Lipinski definition) is 1. The predicted molar refractivity (Wildman–Crippen MR) is 47.5 cm³/mol. The minimum atomic E-state index is -1.20. The Morgan fingerprint density at radius 2 is 2.29 bits per heavy atom. The number of pyridine rings is 1. The molecule has 0 bridgehead atoms. The second-order valence-electron chi connectivity index (χ2n) is 2.70. The van der Waals surface area contributed by atoms with Crippen molar-refractivity contribution >= 4 is 17.9 Å². The number of imidazole rings is 1. The number of carboxylic acid groups (broad SMARTS) is 1. The Kier molecular flexibility index (Phi) is 1.78. The van der Waals surface area contributed by atoms with Crippen LogP contribution >= 0.6 is 0 Å². The fourth-order valence-corrected chi connectivity index (χ4v) is 1.28. The van der Waals surface area contributed by atoms with Crippen LogP contribution in [0.1, 0.15) is 21.0 Å². The van der Waals surface area contributed by atoms with Crippen LogP contribution in [0, 0.1) is 0 Å². The molecule has 2 aromatic heterocycles. The summed E-state index contributed by atoms with van der Waals surface area (Å²) in [5.41, 5.74) is 0.298. The molecule has 0 aliphatic rings. The monoisotopic (exact) mass is 190 g/mol. The molecule has 0 aliphatic heterocycles. The molecular weight excluding hydrogens is 184 g/mol. The molecule has 0 aromatic carbocycles. The van der Waals surface area contributed by atoms with Crippen molar-refractivity contribution in [1.82, 2.24) is 9.38 Å². The van der Waals surface area contributed by atoms with Crippen molar-refractivity contribution < 1.29 is 14.7 Å². The average Bonchev–Trinajstić information content (AvgIpc) is 2.56. The van der Waals surface area contributed by atoms with Gasteiger partial charge in [-0.3, -0.25) is 9.20 Å². The predicted octanol–water partition coefficient (Wildman–Crippen LogP) is 0.845. The molecule has 0 unspecified atom stereocenters. The quantitative estimate of drug-likeness (QED) is 0.712.